The first-order chi connectivity index (χ1) is 12.1. The van der Waals surface area contributed by atoms with Gasteiger partial charge in [0.05, 0.1) is 17.4 Å². The van der Waals surface area contributed by atoms with Crippen molar-refractivity contribution in [1.82, 2.24) is 15.2 Å². The summed E-state index contributed by atoms with van der Waals surface area (Å²) in [5, 5.41) is 3.37. The fourth-order valence-electron chi connectivity index (χ4n) is 3.22. The molecule has 3 heterocycles. The molecule has 1 aliphatic rings. The number of likely N-dealkylation sites (tertiary alicyclic amines) is 1. The predicted molar refractivity (Wildman–Crippen MR) is 97.6 cm³/mol. The maximum Gasteiger partial charge on any atom is 0.263 e. The summed E-state index contributed by atoms with van der Waals surface area (Å²) < 4.78 is 5.00. The quantitative estimate of drug-likeness (QED) is 0.866. The summed E-state index contributed by atoms with van der Waals surface area (Å²) in [6, 6.07) is 3.73. The van der Waals surface area contributed by atoms with Crippen LogP contribution in [0.1, 0.15) is 40.7 Å². The topological polar surface area (TPSA) is 97.5 Å². The van der Waals surface area contributed by atoms with E-state index in [9.17, 15) is 9.59 Å². The standard InChI is InChI=1S/C17H22N4O3S/c1-19-16(23)15-14(18)10-6-7-11(20-17(10)25-15)12-5-3-4-8-21(12)13(22)9-24-2/h6-7,12H,3-5,8-9,18H2,1-2H3,(H,19,23)/t12-/m1/s1. The van der Waals surface area contributed by atoms with Gasteiger partial charge in [0.2, 0.25) is 5.91 Å². The second-order valence-electron chi connectivity index (χ2n) is 6.04. The van der Waals surface area contributed by atoms with Gasteiger partial charge in [0.25, 0.3) is 5.91 Å². The van der Waals surface area contributed by atoms with E-state index in [1.54, 1.807) is 7.05 Å². The first-order valence-corrected chi connectivity index (χ1v) is 9.07. The maximum atomic E-state index is 12.3. The van der Waals surface area contributed by atoms with Crippen LogP contribution >= 0.6 is 11.3 Å². The number of nitrogens with two attached hydrogens (primary N) is 1. The third-order valence-corrected chi connectivity index (χ3v) is 5.59. The summed E-state index contributed by atoms with van der Waals surface area (Å²) in [6.45, 7) is 0.786. The maximum absolute atomic E-state index is 12.3. The van der Waals surface area contributed by atoms with E-state index < -0.39 is 0 Å². The van der Waals surface area contributed by atoms with Crippen LogP contribution in [0.2, 0.25) is 0 Å². The lowest BCUT2D eigenvalue weighted by molar-refractivity contribution is -0.139. The van der Waals surface area contributed by atoms with Crippen molar-refractivity contribution >= 4 is 39.1 Å². The Morgan fingerprint density at radius 3 is 2.96 bits per heavy atom. The van der Waals surface area contributed by atoms with E-state index in [-0.39, 0.29) is 24.5 Å². The Morgan fingerprint density at radius 1 is 1.44 bits per heavy atom. The monoisotopic (exact) mass is 362 g/mol. The molecule has 8 heteroatoms. The Bertz CT molecular complexity index is 805. The molecule has 0 unspecified atom stereocenters. The van der Waals surface area contributed by atoms with E-state index in [4.69, 9.17) is 15.5 Å². The van der Waals surface area contributed by atoms with Gasteiger partial charge in [0, 0.05) is 26.1 Å². The molecule has 2 aromatic heterocycles. The number of hydrogen-bond donors (Lipinski definition) is 2. The van der Waals surface area contributed by atoms with Gasteiger partial charge < -0.3 is 20.7 Å². The van der Waals surface area contributed by atoms with Crippen LogP contribution in [-0.2, 0) is 9.53 Å². The van der Waals surface area contributed by atoms with Crippen LogP contribution < -0.4 is 11.1 Å². The van der Waals surface area contributed by atoms with Crippen LogP contribution in [0.5, 0.6) is 0 Å². The zero-order chi connectivity index (χ0) is 18.0. The number of aromatic nitrogens is 1. The van der Waals surface area contributed by atoms with Crippen molar-refractivity contribution in [1.29, 1.82) is 0 Å². The molecule has 0 saturated carbocycles. The highest BCUT2D eigenvalue weighted by atomic mass is 32.1. The number of hydrogen-bond acceptors (Lipinski definition) is 6. The SMILES string of the molecule is CNC(=O)c1sc2nc([C@H]3CCCCN3C(=O)COC)ccc2c1N. The van der Waals surface area contributed by atoms with E-state index in [1.807, 2.05) is 17.0 Å². The van der Waals surface area contributed by atoms with Gasteiger partial charge in [-0.25, -0.2) is 4.98 Å². The van der Waals surface area contributed by atoms with Gasteiger partial charge in [-0.3, -0.25) is 9.59 Å². The number of anilines is 1. The number of fused-ring (bicyclic) bond motifs is 1. The first-order valence-electron chi connectivity index (χ1n) is 8.26. The number of nitrogen functional groups attached to an aromatic ring is 1. The predicted octanol–water partition coefficient (Wildman–Crippen LogP) is 1.94. The van der Waals surface area contributed by atoms with E-state index >= 15 is 0 Å². The molecular weight excluding hydrogens is 340 g/mol. The molecule has 2 amide bonds. The van der Waals surface area contributed by atoms with E-state index in [1.165, 1.54) is 18.4 Å². The number of carbonyl (C=O) groups excluding carboxylic acids is 2. The minimum absolute atomic E-state index is 0.0224. The molecule has 1 fully saturated rings. The molecule has 0 bridgehead atoms. The highest BCUT2D eigenvalue weighted by Crippen LogP contribution is 2.36. The molecule has 0 spiro atoms. The van der Waals surface area contributed by atoms with Crippen molar-refractivity contribution in [3.63, 3.8) is 0 Å². The number of methoxy groups -OCH3 is 1. The van der Waals surface area contributed by atoms with Crippen molar-refractivity contribution in [2.45, 2.75) is 25.3 Å². The summed E-state index contributed by atoms with van der Waals surface area (Å²) in [5.41, 5.74) is 7.38. The minimum Gasteiger partial charge on any atom is -0.397 e. The Balaban J connectivity index is 1.97. The molecule has 25 heavy (non-hydrogen) atoms. The van der Waals surface area contributed by atoms with Crippen LogP contribution in [0, 0.1) is 0 Å². The molecule has 3 rings (SSSR count). The summed E-state index contributed by atoms with van der Waals surface area (Å²) in [4.78, 5) is 32.0. The Labute approximate surface area is 150 Å². The lowest BCUT2D eigenvalue weighted by Crippen LogP contribution is -2.40. The average molecular weight is 362 g/mol. The number of pyridine rings is 1. The third-order valence-electron chi connectivity index (χ3n) is 4.48. The van der Waals surface area contributed by atoms with E-state index in [0.717, 1.165) is 35.2 Å². The zero-order valence-electron chi connectivity index (χ0n) is 14.4. The molecule has 0 radical (unpaired) electrons. The van der Waals surface area contributed by atoms with E-state index in [2.05, 4.69) is 5.32 Å². The number of ether oxygens (including phenoxy) is 1. The number of carbonyl (C=O) groups is 2. The molecule has 7 nitrogen and oxygen atoms in total. The Kier molecular flexibility index (Phi) is 5.19. The molecule has 0 aromatic carbocycles. The van der Waals surface area contributed by atoms with Crippen molar-refractivity contribution in [3.05, 3.63) is 22.7 Å². The number of nitrogens with zero attached hydrogens (tertiary/aromatic N) is 2. The van der Waals surface area contributed by atoms with Crippen LogP contribution in [-0.4, -0.2) is 49.0 Å². The molecule has 1 atom stereocenters. The molecule has 3 N–H and O–H groups in total. The van der Waals surface area contributed by atoms with Gasteiger partial charge in [-0.05, 0) is 31.4 Å². The van der Waals surface area contributed by atoms with Crippen LogP contribution in [0.25, 0.3) is 10.2 Å². The molecule has 2 aromatic rings. The third kappa shape index (κ3) is 3.32. The summed E-state index contributed by atoms with van der Waals surface area (Å²) in [5.74, 6) is -0.234. The van der Waals surface area contributed by atoms with Crippen LogP contribution in [0.15, 0.2) is 12.1 Å². The van der Waals surface area contributed by atoms with Crippen LogP contribution in [0.4, 0.5) is 5.69 Å². The Hall–Kier alpha value is -2.19. The second kappa shape index (κ2) is 7.37. The number of piperidine rings is 1. The van der Waals surface area contributed by atoms with Crippen molar-refractivity contribution < 1.29 is 14.3 Å². The molecule has 1 saturated heterocycles. The number of nitrogens with one attached hydrogen (secondary N) is 1. The normalized spacial score (nSPS) is 17.7. The lowest BCUT2D eigenvalue weighted by Gasteiger charge is -2.35. The highest BCUT2D eigenvalue weighted by molar-refractivity contribution is 7.21. The van der Waals surface area contributed by atoms with Gasteiger partial charge in [0.15, 0.2) is 0 Å². The average Bonchev–Trinajstić information content (AvgIpc) is 2.97. The number of thiophene rings is 1. The van der Waals surface area contributed by atoms with Crippen molar-refractivity contribution in [3.8, 4) is 0 Å². The minimum atomic E-state index is -0.211. The molecule has 1 aliphatic heterocycles. The summed E-state index contributed by atoms with van der Waals surface area (Å²) >= 11 is 1.28. The number of rotatable bonds is 4. The molecule has 0 aliphatic carbocycles. The molecule has 134 valence electrons. The highest BCUT2D eigenvalue weighted by Gasteiger charge is 2.29. The number of amides is 2. The summed E-state index contributed by atoms with van der Waals surface area (Å²) in [6.07, 6.45) is 2.91. The fourth-order valence-corrected chi connectivity index (χ4v) is 4.27. The fraction of sp³-hybridized carbons (Fsp3) is 0.471. The van der Waals surface area contributed by atoms with Gasteiger partial charge >= 0.3 is 0 Å². The molecular formula is C17H22N4O3S. The van der Waals surface area contributed by atoms with Gasteiger partial charge in [-0.1, -0.05) is 0 Å². The van der Waals surface area contributed by atoms with Gasteiger partial charge in [-0.2, -0.15) is 0 Å². The summed E-state index contributed by atoms with van der Waals surface area (Å²) in [7, 11) is 3.10. The van der Waals surface area contributed by atoms with Gasteiger partial charge in [-0.15, -0.1) is 11.3 Å². The van der Waals surface area contributed by atoms with Crippen molar-refractivity contribution in [2.75, 3.05) is 33.0 Å². The second-order valence-corrected chi connectivity index (χ2v) is 7.04. The van der Waals surface area contributed by atoms with Crippen LogP contribution in [0.3, 0.4) is 0 Å². The van der Waals surface area contributed by atoms with E-state index in [0.29, 0.717) is 17.1 Å². The lowest BCUT2D eigenvalue weighted by atomic mass is 9.98. The first kappa shape index (κ1) is 17.6. The largest absolute Gasteiger partial charge is 0.397 e. The Morgan fingerprint density at radius 2 is 2.24 bits per heavy atom. The van der Waals surface area contributed by atoms with Crippen molar-refractivity contribution in [2.24, 2.45) is 0 Å². The van der Waals surface area contributed by atoms with Gasteiger partial charge in [0.1, 0.15) is 16.3 Å². The zero-order valence-corrected chi connectivity index (χ0v) is 15.2. The smallest absolute Gasteiger partial charge is 0.263 e.